The molecule has 0 bridgehead atoms. The number of sulfonamides is 1. The predicted octanol–water partition coefficient (Wildman–Crippen LogP) is 0.814. The quantitative estimate of drug-likeness (QED) is 0.686. The maximum Gasteiger partial charge on any atom is 0.313 e. The number of thioether (sulfide) groups is 1. The molecule has 0 atom stereocenters. The molecule has 0 radical (unpaired) electrons. The largest absolute Gasteiger partial charge is 0.481 e. The molecule has 0 heterocycles. The van der Waals surface area contributed by atoms with Crippen molar-refractivity contribution in [3.8, 4) is 0 Å². The summed E-state index contributed by atoms with van der Waals surface area (Å²) in [5, 5.41) is 11.0. The second-order valence-corrected chi connectivity index (χ2v) is 6.59. The van der Waals surface area contributed by atoms with Gasteiger partial charge < -0.3 is 10.4 Å². The Bertz CT molecular complexity index is 601. The van der Waals surface area contributed by atoms with Gasteiger partial charge in [0.05, 0.1) is 29.1 Å². The van der Waals surface area contributed by atoms with E-state index in [9.17, 15) is 18.0 Å². The molecular weight excluding hydrogens is 304 g/mol. The summed E-state index contributed by atoms with van der Waals surface area (Å²) in [5.41, 5.74) is 0.574. The fourth-order valence-electron chi connectivity index (χ4n) is 1.30. The number of anilines is 2. The molecule has 1 amide bonds. The standard InChI is InChI=1S/C11H14N2O5S2/c1-20(17,18)13-9-5-3-2-4-8(9)12-10(14)6-19-7-11(15)16/h2-5,13H,6-7H2,1H3,(H,12,14)(H,15,16). The fourth-order valence-corrected chi connectivity index (χ4v) is 2.41. The number of para-hydroxylation sites is 2. The van der Waals surface area contributed by atoms with Crippen molar-refractivity contribution < 1.29 is 23.1 Å². The van der Waals surface area contributed by atoms with Crippen LogP contribution >= 0.6 is 11.8 Å². The van der Waals surface area contributed by atoms with Gasteiger partial charge in [0.2, 0.25) is 15.9 Å². The van der Waals surface area contributed by atoms with E-state index in [4.69, 9.17) is 5.11 Å². The number of carboxylic acids is 1. The van der Waals surface area contributed by atoms with Crippen molar-refractivity contribution in [1.82, 2.24) is 0 Å². The summed E-state index contributed by atoms with van der Waals surface area (Å²) >= 11 is 0.957. The topological polar surface area (TPSA) is 113 Å². The first kappa shape index (κ1) is 16.3. The van der Waals surface area contributed by atoms with E-state index in [0.29, 0.717) is 5.69 Å². The van der Waals surface area contributed by atoms with E-state index >= 15 is 0 Å². The van der Waals surface area contributed by atoms with Gasteiger partial charge in [0.15, 0.2) is 0 Å². The van der Waals surface area contributed by atoms with Gasteiger partial charge in [-0.15, -0.1) is 11.8 Å². The van der Waals surface area contributed by atoms with Crippen LogP contribution in [0.15, 0.2) is 24.3 Å². The van der Waals surface area contributed by atoms with E-state index in [-0.39, 0.29) is 17.2 Å². The van der Waals surface area contributed by atoms with Crippen LogP contribution in [0.4, 0.5) is 11.4 Å². The minimum atomic E-state index is -3.45. The van der Waals surface area contributed by atoms with Crippen molar-refractivity contribution in [2.75, 3.05) is 27.8 Å². The molecule has 1 aromatic carbocycles. The van der Waals surface area contributed by atoms with Crippen LogP contribution in [0.25, 0.3) is 0 Å². The zero-order chi connectivity index (χ0) is 15.2. The molecule has 1 rings (SSSR count). The average molecular weight is 318 g/mol. The number of rotatable bonds is 7. The Morgan fingerprint density at radius 1 is 1.20 bits per heavy atom. The second-order valence-electron chi connectivity index (χ2n) is 3.85. The Balaban J connectivity index is 2.67. The molecule has 0 saturated carbocycles. The minimum Gasteiger partial charge on any atom is -0.481 e. The Labute approximate surface area is 120 Å². The summed E-state index contributed by atoms with van der Waals surface area (Å²) in [6, 6.07) is 6.34. The highest BCUT2D eigenvalue weighted by Crippen LogP contribution is 2.22. The van der Waals surface area contributed by atoms with Crippen LogP contribution in [-0.4, -0.2) is 43.2 Å². The van der Waals surface area contributed by atoms with E-state index in [1.807, 2.05) is 0 Å². The zero-order valence-corrected chi connectivity index (χ0v) is 12.3. The summed E-state index contributed by atoms with van der Waals surface area (Å²) in [5.74, 6) is -1.60. The average Bonchev–Trinajstić information content (AvgIpc) is 2.29. The van der Waals surface area contributed by atoms with Gasteiger partial charge in [-0.25, -0.2) is 8.42 Å². The lowest BCUT2D eigenvalue weighted by molar-refractivity contribution is -0.133. The van der Waals surface area contributed by atoms with Gasteiger partial charge in [-0.3, -0.25) is 14.3 Å². The predicted molar refractivity (Wildman–Crippen MR) is 78.5 cm³/mol. The molecule has 0 aliphatic heterocycles. The van der Waals surface area contributed by atoms with Crippen molar-refractivity contribution in [3.05, 3.63) is 24.3 Å². The number of hydrogen-bond donors (Lipinski definition) is 3. The molecule has 0 aromatic heterocycles. The van der Waals surface area contributed by atoms with Crippen LogP contribution in [0.1, 0.15) is 0 Å². The molecule has 20 heavy (non-hydrogen) atoms. The molecule has 110 valence electrons. The lowest BCUT2D eigenvalue weighted by Crippen LogP contribution is -2.18. The SMILES string of the molecule is CS(=O)(=O)Nc1ccccc1NC(=O)CSCC(=O)O. The number of amides is 1. The van der Waals surface area contributed by atoms with Gasteiger partial charge in [0.1, 0.15) is 0 Å². The molecular formula is C11H14N2O5S2. The summed E-state index contributed by atoms with van der Waals surface area (Å²) in [4.78, 5) is 21.9. The first-order valence-electron chi connectivity index (χ1n) is 5.44. The molecule has 0 fully saturated rings. The maximum absolute atomic E-state index is 11.6. The zero-order valence-electron chi connectivity index (χ0n) is 10.6. The summed E-state index contributed by atoms with van der Waals surface area (Å²) in [7, 11) is -3.45. The number of nitrogens with one attached hydrogen (secondary N) is 2. The van der Waals surface area contributed by atoms with Crippen molar-refractivity contribution in [2.45, 2.75) is 0 Å². The lowest BCUT2D eigenvalue weighted by atomic mass is 10.3. The van der Waals surface area contributed by atoms with Crippen molar-refractivity contribution in [1.29, 1.82) is 0 Å². The van der Waals surface area contributed by atoms with Crippen LogP contribution in [-0.2, 0) is 19.6 Å². The number of carbonyl (C=O) groups is 2. The first-order chi connectivity index (χ1) is 9.28. The minimum absolute atomic E-state index is 0.0283. The third-order valence-corrected chi connectivity index (χ3v) is 3.46. The summed E-state index contributed by atoms with van der Waals surface area (Å²) in [6.45, 7) is 0. The highest BCUT2D eigenvalue weighted by Gasteiger charge is 2.10. The molecule has 0 spiro atoms. The van der Waals surface area contributed by atoms with Crippen LogP contribution in [0.2, 0.25) is 0 Å². The normalized spacial score (nSPS) is 10.8. The van der Waals surface area contributed by atoms with Gasteiger partial charge in [-0.2, -0.15) is 0 Å². The van der Waals surface area contributed by atoms with Crippen LogP contribution in [0, 0.1) is 0 Å². The Kier molecular flexibility index (Phi) is 5.83. The first-order valence-corrected chi connectivity index (χ1v) is 8.49. The van der Waals surface area contributed by atoms with Crippen molar-refractivity contribution in [2.24, 2.45) is 0 Å². The Morgan fingerprint density at radius 3 is 2.35 bits per heavy atom. The van der Waals surface area contributed by atoms with E-state index in [1.54, 1.807) is 18.2 Å². The van der Waals surface area contributed by atoms with Gasteiger partial charge in [-0.1, -0.05) is 12.1 Å². The summed E-state index contributed by atoms with van der Waals surface area (Å²) < 4.78 is 24.7. The summed E-state index contributed by atoms with van der Waals surface area (Å²) in [6.07, 6.45) is 1.01. The van der Waals surface area contributed by atoms with Crippen LogP contribution in [0.3, 0.4) is 0 Å². The third-order valence-electron chi connectivity index (χ3n) is 1.96. The number of hydrogen-bond acceptors (Lipinski definition) is 5. The Morgan fingerprint density at radius 2 is 1.80 bits per heavy atom. The molecule has 7 nitrogen and oxygen atoms in total. The molecule has 0 unspecified atom stereocenters. The lowest BCUT2D eigenvalue weighted by Gasteiger charge is -2.11. The van der Waals surface area contributed by atoms with E-state index < -0.39 is 21.9 Å². The molecule has 0 aliphatic rings. The monoisotopic (exact) mass is 318 g/mol. The van der Waals surface area contributed by atoms with E-state index in [1.165, 1.54) is 6.07 Å². The molecule has 9 heteroatoms. The second kappa shape index (κ2) is 7.15. The van der Waals surface area contributed by atoms with Gasteiger partial charge in [0, 0.05) is 0 Å². The van der Waals surface area contributed by atoms with Crippen molar-refractivity contribution in [3.63, 3.8) is 0 Å². The number of carboxylic acid groups (broad SMARTS) is 1. The Hall–Kier alpha value is -1.74. The van der Waals surface area contributed by atoms with Crippen LogP contribution in [0.5, 0.6) is 0 Å². The maximum atomic E-state index is 11.6. The van der Waals surface area contributed by atoms with E-state index in [0.717, 1.165) is 18.0 Å². The third kappa shape index (κ3) is 6.43. The molecule has 0 aliphatic carbocycles. The van der Waals surface area contributed by atoms with Gasteiger partial charge >= 0.3 is 5.97 Å². The molecule has 0 saturated heterocycles. The fraction of sp³-hybridized carbons (Fsp3) is 0.273. The number of benzene rings is 1. The number of aliphatic carboxylic acids is 1. The van der Waals surface area contributed by atoms with E-state index in [2.05, 4.69) is 10.0 Å². The van der Waals surface area contributed by atoms with Crippen molar-refractivity contribution >= 4 is 45.0 Å². The van der Waals surface area contributed by atoms with Gasteiger partial charge in [0.25, 0.3) is 0 Å². The van der Waals surface area contributed by atoms with Gasteiger partial charge in [-0.05, 0) is 12.1 Å². The smallest absolute Gasteiger partial charge is 0.313 e. The highest BCUT2D eigenvalue weighted by molar-refractivity contribution is 8.00. The highest BCUT2D eigenvalue weighted by atomic mass is 32.2. The molecule has 3 N–H and O–H groups in total. The molecule has 1 aromatic rings. The number of carbonyl (C=O) groups excluding carboxylic acids is 1. The van der Waals surface area contributed by atoms with Crippen LogP contribution < -0.4 is 10.0 Å².